The molecule has 0 saturated carbocycles. The summed E-state index contributed by atoms with van der Waals surface area (Å²) in [6.45, 7) is 6.51. The lowest BCUT2D eigenvalue weighted by atomic mass is 9.70. The van der Waals surface area contributed by atoms with Crippen molar-refractivity contribution in [3.05, 3.63) is 53.1 Å². The highest BCUT2D eigenvalue weighted by atomic mass is 16.7. The molecule has 1 saturated heterocycles. The van der Waals surface area contributed by atoms with Gasteiger partial charge in [0, 0.05) is 6.08 Å². The topological polar surface area (TPSA) is 183 Å². The summed E-state index contributed by atoms with van der Waals surface area (Å²) in [5.74, 6) is -1.61. The largest absolute Gasteiger partial charge is 0.504 e. The van der Waals surface area contributed by atoms with Crippen LogP contribution < -0.4 is 0 Å². The maximum absolute atomic E-state index is 12.2. The molecule has 1 fully saturated rings. The Morgan fingerprint density at radius 3 is 2.36 bits per heavy atom. The van der Waals surface area contributed by atoms with Crippen molar-refractivity contribution >= 4 is 17.8 Å². The van der Waals surface area contributed by atoms with E-state index in [0.717, 1.165) is 11.6 Å². The summed E-state index contributed by atoms with van der Waals surface area (Å²) < 4.78 is 16.7. The van der Waals surface area contributed by atoms with Crippen LogP contribution in [0.1, 0.15) is 39.7 Å². The van der Waals surface area contributed by atoms with Gasteiger partial charge in [0.05, 0.1) is 6.10 Å². The highest BCUT2D eigenvalue weighted by molar-refractivity contribution is 5.88. The van der Waals surface area contributed by atoms with Gasteiger partial charge >= 0.3 is 5.97 Å². The minimum Gasteiger partial charge on any atom is -0.504 e. The molecule has 11 heteroatoms. The molecule has 7 atom stereocenters. The Balaban J connectivity index is 1.66. The second-order valence-corrected chi connectivity index (χ2v) is 10.5. The predicted octanol–water partition coefficient (Wildman–Crippen LogP) is 1.10. The average molecular weight is 549 g/mol. The molecule has 6 N–H and O–H groups in total. The number of rotatable bonds is 8. The standard InChI is InChI=1S/C28H36O11/c1-14(29)5-8-17-15(2)23(33)20(12-28(17,3)4)38-27-26(36)25(35)24(34)21(39-27)13-37-22(32)10-7-16-6-9-18(30)19(31)11-16/h5-11,20-21,23-27,30-31,33-36H,12-13H2,1-4H3/b8-5+,10-7+/t20?,21?,23?,24-,25+,26?,27-/m1/s1. The fraction of sp³-hybridized carbons (Fsp3) is 0.500. The number of phenolic OH excluding ortho intramolecular Hbond substituents is 2. The van der Waals surface area contributed by atoms with Crippen molar-refractivity contribution in [2.45, 2.75) is 77.0 Å². The number of carbonyl (C=O) groups excluding carboxylic acids is 2. The molecule has 1 aromatic carbocycles. The van der Waals surface area contributed by atoms with Gasteiger partial charge in [-0.2, -0.15) is 0 Å². The first-order valence-corrected chi connectivity index (χ1v) is 12.5. The monoisotopic (exact) mass is 548 g/mol. The molecule has 0 radical (unpaired) electrons. The van der Waals surface area contributed by atoms with Crippen molar-refractivity contribution in [3.63, 3.8) is 0 Å². The fourth-order valence-electron chi connectivity index (χ4n) is 4.74. The van der Waals surface area contributed by atoms with Gasteiger partial charge in [0.2, 0.25) is 0 Å². The van der Waals surface area contributed by atoms with Gasteiger partial charge in [-0.25, -0.2) is 4.79 Å². The first-order chi connectivity index (χ1) is 18.2. The van der Waals surface area contributed by atoms with E-state index in [4.69, 9.17) is 14.2 Å². The van der Waals surface area contributed by atoms with Gasteiger partial charge < -0.3 is 44.8 Å². The first kappa shape index (κ1) is 30.5. The Bertz CT molecular complexity index is 1150. The van der Waals surface area contributed by atoms with E-state index in [9.17, 15) is 40.2 Å². The Morgan fingerprint density at radius 1 is 1.03 bits per heavy atom. The molecule has 2 aliphatic rings. The van der Waals surface area contributed by atoms with Gasteiger partial charge in [0.15, 0.2) is 23.6 Å². The summed E-state index contributed by atoms with van der Waals surface area (Å²) in [4.78, 5) is 23.6. The zero-order valence-electron chi connectivity index (χ0n) is 22.2. The predicted molar refractivity (Wildman–Crippen MR) is 138 cm³/mol. The molecule has 1 heterocycles. The molecular formula is C28H36O11. The maximum atomic E-state index is 12.2. The number of hydrogen-bond acceptors (Lipinski definition) is 11. The van der Waals surface area contributed by atoms with Gasteiger partial charge in [0.25, 0.3) is 0 Å². The van der Waals surface area contributed by atoms with E-state index < -0.39 is 60.9 Å². The summed E-state index contributed by atoms with van der Waals surface area (Å²) >= 11 is 0. The molecule has 1 aromatic rings. The van der Waals surface area contributed by atoms with Crippen LogP contribution in [0.3, 0.4) is 0 Å². The Hall–Kier alpha value is -3.06. The zero-order valence-corrected chi connectivity index (χ0v) is 22.2. The van der Waals surface area contributed by atoms with Crippen LogP contribution >= 0.6 is 0 Å². The number of benzene rings is 1. The Morgan fingerprint density at radius 2 is 1.72 bits per heavy atom. The fourth-order valence-corrected chi connectivity index (χ4v) is 4.74. The number of allylic oxidation sites excluding steroid dienone is 3. The maximum Gasteiger partial charge on any atom is 0.330 e. The van der Waals surface area contributed by atoms with Crippen LogP contribution in [-0.2, 0) is 23.8 Å². The Labute approximate surface area is 226 Å². The van der Waals surface area contributed by atoms with Crippen molar-refractivity contribution in [1.82, 2.24) is 0 Å². The molecule has 0 spiro atoms. The lowest BCUT2D eigenvalue weighted by Gasteiger charge is -2.45. The second kappa shape index (κ2) is 12.4. The number of aliphatic hydroxyl groups excluding tert-OH is 4. The molecule has 0 aromatic heterocycles. The van der Waals surface area contributed by atoms with E-state index in [1.807, 2.05) is 13.8 Å². The number of hydrogen-bond donors (Lipinski definition) is 6. The van der Waals surface area contributed by atoms with Gasteiger partial charge in [-0.05, 0) is 66.7 Å². The van der Waals surface area contributed by atoms with Crippen LogP contribution in [0.25, 0.3) is 6.08 Å². The summed E-state index contributed by atoms with van der Waals surface area (Å²) in [5, 5.41) is 61.1. The van der Waals surface area contributed by atoms with E-state index in [1.165, 1.54) is 37.3 Å². The van der Waals surface area contributed by atoms with Crippen LogP contribution in [0.15, 0.2) is 47.6 Å². The molecule has 1 aliphatic heterocycles. The molecule has 1 aliphatic carbocycles. The van der Waals surface area contributed by atoms with Gasteiger partial charge in [0.1, 0.15) is 37.1 Å². The van der Waals surface area contributed by atoms with Crippen LogP contribution in [0.4, 0.5) is 0 Å². The van der Waals surface area contributed by atoms with Gasteiger partial charge in [-0.1, -0.05) is 26.0 Å². The van der Waals surface area contributed by atoms with E-state index in [2.05, 4.69) is 0 Å². The minimum absolute atomic E-state index is 0.132. The number of aromatic hydroxyl groups is 2. The summed E-state index contributed by atoms with van der Waals surface area (Å²) in [6.07, 6.45) is -3.75. The van der Waals surface area contributed by atoms with Crippen molar-refractivity contribution in [2.75, 3.05) is 6.61 Å². The third kappa shape index (κ3) is 7.33. The normalized spacial score (nSPS) is 31.1. The number of ether oxygens (including phenoxy) is 3. The van der Waals surface area contributed by atoms with Gasteiger partial charge in [-0.3, -0.25) is 4.79 Å². The molecule has 0 bridgehead atoms. The van der Waals surface area contributed by atoms with E-state index in [1.54, 1.807) is 13.0 Å². The first-order valence-electron chi connectivity index (χ1n) is 12.5. The molecule has 214 valence electrons. The van der Waals surface area contributed by atoms with Crippen LogP contribution in [0.5, 0.6) is 11.5 Å². The van der Waals surface area contributed by atoms with Crippen LogP contribution in [0.2, 0.25) is 0 Å². The molecule has 4 unspecified atom stereocenters. The van der Waals surface area contributed by atoms with Crippen molar-refractivity contribution < 1.29 is 54.4 Å². The van der Waals surface area contributed by atoms with Crippen LogP contribution in [-0.4, -0.2) is 91.9 Å². The highest BCUT2D eigenvalue weighted by Gasteiger charge is 2.47. The summed E-state index contributed by atoms with van der Waals surface area (Å²) in [5.41, 5.74) is 1.28. The van der Waals surface area contributed by atoms with Crippen LogP contribution in [0, 0.1) is 5.41 Å². The number of ketones is 1. The third-order valence-electron chi connectivity index (χ3n) is 6.92. The second-order valence-electron chi connectivity index (χ2n) is 10.5. The van der Waals surface area contributed by atoms with Crippen molar-refractivity contribution in [2.24, 2.45) is 5.41 Å². The van der Waals surface area contributed by atoms with E-state index >= 15 is 0 Å². The lowest BCUT2D eigenvalue weighted by molar-refractivity contribution is -0.318. The lowest BCUT2D eigenvalue weighted by Crippen LogP contribution is -2.60. The van der Waals surface area contributed by atoms with Gasteiger partial charge in [-0.15, -0.1) is 0 Å². The number of phenols is 2. The SMILES string of the molecule is CC(=O)/C=C/C1=C(C)C(O)C(O[C@@H]2OC(COC(=O)/C=C/c3ccc(O)c(O)c3)[C@@H](O)[C@H](O)C2O)CC1(C)C. The number of carbonyl (C=O) groups is 2. The highest BCUT2D eigenvalue weighted by Crippen LogP contribution is 2.43. The molecule has 0 amide bonds. The smallest absolute Gasteiger partial charge is 0.330 e. The zero-order chi connectivity index (χ0) is 29.1. The van der Waals surface area contributed by atoms with Crippen molar-refractivity contribution in [1.29, 1.82) is 0 Å². The quantitative estimate of drug-likeness (QED) is 0.155. The minimum atomic E-state index is -1.68. The van der Waals surface area contributed by atoms with E-state index in [0.29, 0.717) is 17.6 Å². The molecule has 39 heavy (non-hydrogen) atoms. The number of esters is 1. The van der Waals surface area contributed by atoms with E-state index in [-0.39, 0.29) is 17.3 Å². The number of aliphatic hydroxyl groups is 4. The average Bonchev–Trinajstić information content (AvgIpc) is 2.86. The van der Waals surface area contributed by atoms with Crippen molar-refractivity contribution in [3.8, 4) is 11.5 Å². The summed E-state index contributed by atoms with van der Waals surface area (Å²) in [6, 6.07) is 3.96. The Kier molecular flexibility index (Phi) is 9.70. The summed E-state index contributed by atoms with van der Waals surface area (Å²) in [7, 11) is 0. The third-order valence-corrected chi connectivity index (χ3v) is 6.92. The molecule has 3 rings (SSSR count). The molecular weight excluding hydrogens is 512 g/mol. The molecule has 11 nitrogen and oxygen atoms in total.